The maximum Gasteiger partial charge on any atom is 0.132 e. The van der Waals surface area contributed by atoms with Gasteiger partial charge in [-0.3, -0.25) is 0 Å². The summed E-state index contributed by atoms with van der Waals surface area (Å²) in [5, 5.41) is 16.0. The Morgan fingerprint density at radius 1 is 1.19 bits per heavy atom. The Bertz CT molecular complexity index is 429. The number of aryl methyl sites for hydroxylation is 1. The topological polar surface area (TPSA) is 70.1 Å². The van der Waals surface area contributed by atoms with Gasteiger partial charge in [0, 0.05) is 31.7 Å². The molecular weight excluding hydrogens is 264 g/mol. The number of aliphatic hydroxyl groups is 1. The molecule has 1 rings (SSSR count). The van der Waals surface area contributed by atoms with Crippen molar-refractivity contribution in [2.24, 2.45) is 5.41 Å². The largest absolute Gasteiger partial charge is 0.396 e. The van der Waals surface area contributed by atoms with Crippen molar-refractivity contribution in [3.8, 4) is 0 Å². The molecule has 0 spiro atoms. The Balaban J connectivity index is 2.93. The summed E-state index contributed by atoms with van der Waals surface area (Å²) in [4.78, 5) is 9.04. The summed E-state index contributed by atoms with van der Waals surface area (Å²) in [6.07, 6.45) is 2.56. The normalized spacial score (nSPS) is 13.0. The molecular formula is C16H30N4O. The molecule has 0 aromatic carbocycles. The van der Waals surface area contributed by atoms with Crippen LogP contribution in [-0.4, -0.2) is 34.3 Å². The molecule has 120 valence electrons. The van der Waals surface area contributed by atoms with Gasteiger partial charge < -0.3 is 15.7 Å². The number of hydrogen-bond donors (Lipinski definition) is 3. The third kappa shape index (κ3) is 5.87. The molecule has 0 radical (unpaired) electrons. The SMILES string of the molecule is CCCNc1cc(NC(CCO)C(C)(C)C)nc(CC)n1. The predicted octanol–water partition coefficient (Wildman–Crippen LogP) is 3.07. The van der Waals surface area contributed by atoms with Gasteiger partial charge in [-0.2, -0.15) is 0 Å². The maximum atomic E-state index is 9.26. The number of aliphatic hydroxyl groups excluding tert-OH is 1. The molecule has 1 unspecified atom stereocenters. The van der Waals surface area contributed by atoms with E-state index in [-0.39, 0.29) is 18.1 Å². The van der Waals surface area contributed by atoms with E-state index in [0.717, 1.165) is 36.8 Å². The highest BCUT2D eigenvalue weighted by atomic mass is 16.3. The second-order valence-electron chi connectivity index (χ2n) is 6.41. The van der Waals surface area contributed by atoms with Crippen molar-refractivity contribution in [1.29, 1.82) is 0 Å². The Labute approximate surface area is 128 Å². The van der Waals surface area contributed by atoms with Gasteiger partial charge in [-0.1, -0.05) is 34.6 Å². The third-order valence-corrected chi connectivity index (χ3v) is 3.43. The van der Waals surface area contributed by atoms with Crippen LogP contribution in [-0.2, 0) is 6.42 Å². The molecule has 0 aliphatic rings. The summed E-state index contributed by atoms with van der Waals surface area (Å²) in [7, 11) is 0. The first-order valence-electron chi connectivity index (χ1n) is 7.89. The summed E-state index contributed by atoms with van der Waals surface area (Å²) in [5.41, 5.74) is 0.0526. The number of nitrogens with one attached hydrogen (secondary N) is 2. The Kier molecular flexibility index (Phi) is 6.89. The van der Waals surface area contributed by atoms with Crippen LogP contribution < -0.4 is 10.6 Å². The molecule has 1 aromatic heterocycles. The third-order valence-electron chi connectivity index (χ3n) is 3.43. The highest BCUT2D eigenvalue weighted by Crippen LogP contribution is 2.25. The summed E-state index contributed by atoms with van der Waals surface area (Å²) < 4.78 is 0. The smallest absolute Gasteiger partial charge is 0.132 e. The van der Waals surface area contributed by atoms with Gasteiger partial charge in [0.25, 0.3) is 0 Å². The summed E-state index contributed by atoms with van der Waals surface area (Å²) in [5.74, 6) is 2.52. The number of rotatable bonds is 8. The zero-order valence-electron chi connectivity index (χ0n) is 14.0. The van der Waals surface area contributed by atoms with Crippen LogP contribution in [0.15, 0.2) is 6.07 Å². The van der Waals surface area contributed by atoms with Crippen molar-refractivity contribution in [2.45, 2.75) is 59.9 Å². The molecule has 5 nitrogen and oxygen atoms in total. The summed E-state index contributed by atoms with van der Waals surface area (Å²) >= 11 is 0. The van der Waals surface area contributed by atoms with Gasteiger partial charge >= 0.3 is 0 Å². The fourth-order valence-electron chi connectivity index (χ4n) is 2.10. The second kappa shape index (κ2) is 8.17. The molecule has 1 heterocycles. The van der Waals surface area contributed by atoms with Gasteiger partial charge in [0.05, 0.1) is 0 Å². The minimum absolute atomic E-state index is 0.0526. The zero-order valence-corrected chi connectivity index (χ0v) is 14.0. The average Bonchev–Trinajstić information content (AvgIpc) is 2.43. The van der Waals surface area contributed by atoms with E-state index in [0.29, 0.717) is 6.42 Å². The maximum absolute atomic E-state index is 9.26. The summed E-state index contributed by atoms with van der Waals surface area (Å²) in [6, 6.07) is 2.12. The second-order valence-corrected chi connectivity index (χ2v) is 6.41. The minimum Gasteiger partial charge on any atom is -0.396 e. The van der Waals surface area contributed by atoms with Crippen molar-refractivity contribution in [3.63, 3.8) is 0 Å². The lowest BCUT2D eigenvalue weighted by Gasteiger charge is -2.31. The van der Waals surface area contributed by atoms with Crippen LogP contribution in [0, 0.1) is 5.41 Å². The lowest BCUT2D eigenvalue weighted by atomic mass is 9.85. The van der Waals surface area contributed by atoms with Crippen molar-refractivity contribution in [1.82, 2.24) is 9.97 Å². The van der Waals surface area contributed by atoms with E-state index in [9.17, 15) is 5.11 Å². The van der Waals surface area contributed by atoms with Crippen LogP contribution in [0.25, 0.3) is 0 Å². The van der Waals surface area contributed by atoms with Gasteiger partial charge in [-0.15, -0.1) is 0 Å². The van der Waals surface area contributed by atoms with Crippen LogP contribution in [0.2, 0.25) is 0 Å². The van der Waals surface area contributed by atoms with Gasteiger partial charge in [0.1, 0.15) is 17.5 Å². The lowest BCUT2D eigenvalue weighted by molar-refractivity contribution is 0.235. The Morgan fingerprint density at radius 3 is 2.38 bits per heavy atom. The highest BCUT2D eigenvalue weighted by molar-refractivity contribution is 5.48. The molecule has 0 aliphatic carbocycles. The lowest BCUT2D eigenvalue weighted by Crippen LogP contribution is -2.35. The van der Waals surface area contributed by atoms with E-state index in [1.54, 1.807) is 0 Å². The number of aromatic nitrogens is 2. The van der Waals surface area contributed by atoms with E-state index >= 15 is 0 Å². The van der Waals surface area contributed by atoms with E-state index in [1.165, 1.54) is 0 Å². The van der Waals surface area contributed by atoms with E-state index in [4.69, 9.17) is 0 Å². The number of anilines is 2. The molecule has 0 bridgehead atoms. The quantitative estimate of drug-likeness (QED) is 0.687. The molecule has 21 heavy (non-hydrogen) atoms. The molecule has 0 saturated heterocycles. The van der Waals surface area contributed by atoms with Gasteiger partial charge in [0.2, 0.25) is 0 Å². The molecule has 1 aromatic rings. The fourth-order valence-corrected chi connectivity index (χ4v) is 2.10. The Hall–Kier alpha value is -1.36. The predicted molar refractivity (Wildman–Crippen MR) is 88.8 cm³/mol. The summed E-state index contributed by atoms with van der Waals surface area (Å²) in [6.45, 7) is 11.7. The first-order chi connectivity index (χ1) is 9.90. The molecule has 5 heteroatoms. The van der Waals surface area contributed by atoms with Gasteiger partial charge in [-0.05, 0) is 18.3 Å². The van der Waals surface area contributed by atoms with Crippen molar-refractivity contribution < 1.29 is 5.11 Å². The first kappa shape index (κ1) is 17.7. The van der Waals surface area contributed by atoms with Crippen LogP contribution >= 0.6 is 0 Å². The van der Waals surface area contributed by atoms with Crippen molar-refractivity contribution in [2.75, 3.05) is 23.8 Å². The van der Waals surface area contributed by atoms with Gasteiger partial charge in [-0.25, -0.2) is 9.97 Å². The standard InChI is InChI=1S/C16H30N4O/c1-6-9-17-14-11-15(20-13(7-2)19-14)18-12(8-10-21)16(3,4)5/h11-12,21H,6-10H2,1-5H3,(H2,17,18,19,20). The first-order valence-corrected chi connectivity index (χ1v) is 7.89. The highest BCUT2D eigenvalue weighted by Gasteiger charge is 2.24. The van der Waals surface area contributed by atoms with Crippen molar-refractivity contribution >= 4 is 11.6 Å². The van der Waals surface area contributed by atoms with Crippen LogP contribution in [0.1, 0.15) is 53.3 Å². The molecule has 0 aliphatic heterocycles. The van der Waals surface area contributed by atoms with E-state index < -0.39 is 0 Å². The zero-order chi connectivity index (χ0) is 15.9. The fraction of sp³-hybridized carbons (Fsp3) is 0.750. The number of hydrogen-bond acceptors (Lipinski definition) is 5. The molecule has 0 saturated carbocycles. The number of nitrogens with zero attached hydrogens (tertiary/aromatic N) is 2. The molecule has 0 amide bonds. The van der Waals surface area contributed by atoms with Crippen LogP contribution in [0.4, 0.5) is 11.6 Å². The monoisotopic (exact) mass is 294 g/mol. The minimum atomic E-state index is 0.0526. The molecule has 1 atom stereocenters. The Morgan fingerprint density at radius 2 is 1.86 bits per heavy atom. The van der Waals surface area contributed by atoms with E-state index in [2.05, 4.69) is 55.2 Å². The van der Waals surface area contributed by atoms with Gasteiger partial charge in [0.15, 0.2) is 0 Å². The average molecular weight is 294 g/mol. The van der Waals surface area contributed by atoms with E-state index in [1.807, 2.05) is 6.07 Å². The molecule has 3 N–H and O–H groups in total. The van der Waals surface area contributed by atoms with Crippen LogP contribution in [0.5, 0.6) is 0 Å². The van der Waals surface area contributed by atoms with Crippen molar-refractivity contribution in [3.05, 3.63) is 11.9 Å². The van der Waals surface area contributed by atoms with Crippen LogP contribution in [0.3, 0.4) is 0 Å². The molecule has 0 fully saturated rings.